The van der Waals surface area contributed by atoms with Gasteiger partial charge in [0.1, 0.15) is 6.54 Å². The van der Waals surface area contributed by atoms with Gasteiger partial charge in [-0.15, -0.1) is 11.3 Å². The van der Waals surface area contributed by atoms with Gasteiger partial charge in [0.25, 0.3) is 5.91 Å². The fourth-order valence-corrected chi connectivity index (χ4v) is 3.21. The first-order valence-electron chi connectivity index (χ1n) is 6.45. The predicted octanol–water partition coefficient (Wildman–Crippen LogP) is 2.36. The molecule has 0 bridgehead atoms. The zero-order valence-electron chi connectivity index (χ0n) is 11.6. The standard InChI is InChI=1S/C15H17ClN2OS/c1-11-4-3-5-12(8-11)17-15(19)10-18(2)9-13-6-7-14(16)20-13/h3-8H,9-10H2,1-2H3,(H,17,19)/p+1. The second-order valence-electron chi connectivity index (χ2n) is 4.93. The summed E-state index contributed by atoms with van der Waals surface area (Å²) in [6.45, 7) is 3.25. The molecular formula is C15H18ClN2OS+. The minimum atomic E-state index is 0.0238. The number of amides is 1. The van der Waals surface area contributed by atoms with Crippen molar-refractivity contribution in [1.29, 1.82) is 0 Å². The van der Waals surface area contributed by atoms with Crippen molar-refractivity contribution in [3.8, 4) is 0 Å². The maximum Gasteiger partial charge on any atom is 0.279 e. The summed E-state index contributed by atoms with van der Waals surface area (Å²) in [6, 6.07) is 11.7. The van der Waals surface area contributed by atoms with Gasteiger partial charge in [0.2, 0.25) is 0 Å². The number of halogens is 1. The molecule has 1 amide bonds. The molecule has 0 saturated heterocycles. The molecule has 20 heavy (non-hydrogen) atoms. The fraction of sp³-hybridized carbons (Fsp3) is 0.267. The van der Waals surface area contributed by atoms with Gasteiger partial charge in [0.05, 0.1) is 16.3 Å². The highest BCUT2D eigenvalue weighted by atomic mass is 35.5. The van der Waals surface area contributed by atoms with Gasteiger partial charge in [-0.1, -0.05) is 23.7 Å². The van der Waals surface area contributed by atoms with Crippen molar-refractivity contribution in [1.82, 2.24) is 0 Å². The molecule has 2 aromatic rings. The number of rotatable bonds is 5. The molecule has 1 aromatic heterocycles. The third-order valence-electron chi connectivity index (χ3n) is 2.87. The van der Waals surface area contributed by atoms with E-state index in [-0.39, 0.29) is 5.91 Å². The van der Waals surface area contributed by atoms with E-state index in [9.17, 15) is 4.79 Å². The molecule has 0 spiro atoms. The molecule has 2 N–H and O–H groups in total. The lowest BCUT2D eigenvalue weighted by Crippen LogP contribution is -3.08. The van der Waals surface area contributed by atoms with Crippen LogP contribution in [-0.4, -0.2) is 19.5 Å². The van der Waals surface area contributed by atoms with Gasteiger partial charge in [-0.2, -0.15) is 0 Å². The number of anilines is 1. The molecule has 1 unspecified atom stereocenters. The number of nitrogens with one attached hydrogen (secondary N) is 2. The van der Waals surface area contributed by atoms with E-state index in [0.29, 0.717) is 6.54 Å². The van der Waals surface area contributed by atoms with Crippen molar-refractivity contribution in [3.05, 3.63) is 51.2 Å². The first-order valence-corrected chi connectivity index (χ1v) is 7.64. The van der Waals surface area contributed by atoms with Crippen LogP contribution in [0.25, 0.3) is 0 Å². The Hall–Kier alpha value is -1.36. The lowest BCUT2D eigenvalue weighted by Gasteiger charge is -2.13. The number of aryl methyl sites for hydroxylation is 1. The van der Waals surface area contributed by atoms with Crippen molar-refractivity contribution in [2.75, 3.05) is 18.9 Å². The average molecular weight is 310 g/mol. The first-order chi connectivity index (χ1) is 9.52. The van der Waals surface area contributed by atoms with E-state index in [4.69, 9.17) is 11.6 Å². The number of likely N-dealkylation sites (N-methyl/N-ethyl adjacent to an activating group) is 1. The van der Waals surface area contributed by atoms with E-state index in [1.54, 1.807) is 11.3 Å². The lowest BCUT2D eigenvalue weighted by atomic mass is 10.2. The van der Waals surface area contributed by atoms with Gasteiger partial charge >= 0.3 is 0 Å². The van der Waals surface area contributed by atoms with Crippen LogP contribution in [0.3, 0.4) is 0 Å². The van der Waals surface area contributed by atoms with Gasteiger partial charge < -0.3 is 10.2 Å². The highest BCUT2D eigenvalue weighted by molar-refractivity contribution is 7.16. The minimum Gasteiger partial charge on any atom is -0.325 e. The van der Waals surface area contributed by atoms with E-state index >= 15 is 0 Å². The monoisotopic (exact) mass is 309 g/mol. The van der Waals surface area contributed by atoms with Crippen molar-refractivity contribution in [3.63, 3.8) is 0 Å². The van der Waals surface area contributed by atoms with Crippen LogP contribution in [0.4, 0.5) is 5.69 Å². The summed E-state index contributed by atoms with van der Waals surface area (Å²) in [5.74, 6) is 0.0238. The number of quaternary nitrogens is 1. The van der Waals surface area contributed by atoms with Gasteiger partial charge in [-0.3, -0.25) is 4.79 Å². The number of carbonyl (C=O) groups excluding carboxylic acids is 1. The fourth-order valence-electron chi connectivity index (χ4n) is 2.01. The third-order valence-corrected chi connectivity index (χ3v) is 4.10. The van der Waals surface area contributed by atoms with E-state index in [0.717, 1.165) is 27.0 Å². The molecule has 0 saturated carbocycles. The normalized spacial score (nSPS) is 12.2. The predicted molar refractivity (Wildman–Crippen MR) is 84.6 cm³/mol. The summed E-state index contributed by atoms with van der Waals surface area (Å²) in [5, 5.41) is 2.92. The summed E-state index contributed by atoms with van der Waals surface area (Å²) in [6.07, 6.45) is 0. The van der Waals surface area contributed by atoms with Crippen LogP contribution >= 0.6 is 22.9 Å². The number of hydrogen-bond acceptors (Lipinski definition) is 2. The summed E-state index contributed by atoms with van der Waals surface area (Å²) in [4.78, 5) is 14.3. The Morgan fingerprint density at radius 1 is 1.35 bits per heavy atom. The molecule has 0 aliphatic carbocycles. The van der Waals surface area contributed by atoms with Crippen molar-refractivity contribution >= 4 is 34.5 Å². The Kier molecular flexibility index (Phi) is 5.17. The molecule has 0 fully saturated rings. The second-order valence-corrected chi connectivity index (χ2v) is 6.73. The van der Waals surface area contributed by atoms with Crippen LogP contribution in [0.2, 0.25) is 4.34 Å². The average Bonchev–Trinajstić information content (AvgIpc) is 2.74. The quantitative estimate of drug-likeness (QED) is 0.873. The van der Waals surface area contributed by atoms with Gasteiger partial charge in [0, 0.05) is 5.69 Å². The summed E-state index contributed by atoms with van der Waals surface area (Å²) in [5.41, 5.74) is 1.98. The van der Waals surface area contributed by atoms with E-state index in [1.165, 1.54) is 4.88 Å². The zero-order chi connectivity index (χ0) is 14.5. The Balaban J connectivity index is 1.84. The van der Waals surface area contributed by atoms with Crippen molar-refractivity contribution in [2.24, 2.45) is 0 Å². The van der Waals surface area contributed by atoms with Crippen LogP contribution in [0, 0.1) is 6.92 Å². The largest absolute Gasteiger partial charge is 0.325 e. The minimum absolute atomic E-state index is 0.0238. The molecule has 0 aliphatic rings. The second kappa shape index (κ2) is 6.88. The third kappa shape index (κ3) is 4.63. The Labute approximate surface area is 128 Å². The molecule has 1 aromatic carbocycles. The molecule has 5 heteroatoms. The highest BCUT2D eigenvalue weighted by Gasteiger charge is 2.12. The van der Waals surface area contributed by atoms with Crippen molar-refractivity contribution in [2.45, 2.75) is 13.5 Å². The molecule has 3 nitrogen and oxygen atoms in total. The number of thiophene rings is 1. The van der Waals surface area contributed by atoms with Crippen LogP contribution in [0.15, 0.2) is 36.4 Å². The molecule has 1 heterocycles. The lowest BCUT2D eigenvalue weighted by molar-refractivity contribution is -0.884. The van der Waals surface area contributed by atoms with Crippen LogP contribution in [0.5, 0.6) is 0 Å². The smallest absolute Gasteiger partial charge is 0.279 e. The molecule has 1 atom stereocenters. The first kappa shape index (κ1) is 15.0. The Bertz CT molecular complexity index is 597. The summed E-state index contributed by atoms with van der Waals surface area (Å²) < 4.78 is 0.789. The number of hydrogen-bond donors (Lipinski definition) is 2. The molecule has 2 rings (SSSR count). The molecule has 106 valence electrons. The van der Waals surface area contributed by atoms with Crippen LogP contribution in [0.1, 0.15) is 10.4 Å². The Morgan fingerprint density at radius 3 is 2.80 bits per heavy atom. The number of benzene rings is 1. The molecular weight excluding hydrogens is 292 g/mol. The van der Waals surface area contributed by atoms with Crippen LogP contribution < -0.4 is 10.2 Å². The van der Waals surface area contributed by atoms with Crippen LogP contribution in [-0.2, 0) is 11.3 Å². The van der Waals surface area contributed by atoms with E-state index < -0.39 is 0 Å². The maximum absolute atomic E-state index is 12.0. The number of carbonyl (C=O) groups is 1. The molecule has 0 radical (unpaired) electrons. The zero-order valence-corrected chi connectivity index (χ0v) is 13.1. The van der Waals surface area contributed by atoms with Gasteiger partial charge in [0.15, 0.2) is 6.54 Å². The SMILES string of the molecule is Cc1cccc(NC(=O)C[NH+](C)Cc2ccc(Cl)s2)c1. The van der Waals surface area contributed by atoms with Gasteiger partial charge in [-0.05, 0) is 36.8 Å². The molecule has 0 aliphatic heterocycles. The Morgan fingerprint density at radius 2 is 2.15 bits per heavy atom. The highest BCUT2D eigenvalue weighted by Crippen LogP contribution is 2.20. The van der Waals surface area contributed by atoms with Crippen molar-refractivity contribution < 1.29 is 9.69 Å². The van der Waals surface area contributed by atoms with Gasteiger partial charge in [-0.25, -0.2) is 0 Å². The topological polar surface area (TPSA) is 33.5 Å². The summed E-state index contributed by atoms with van der Waals surface area (Å²) in [7, 11) is 2.00. The van der Waals surface area contributed by atoms with E-state index in [2.05, 4.69) is 5.32 Å². The summed E-state index contributed by atoms with van der Waals surface area (Å²) >= 11 is 7.46. The maximum atomic E-state index is 12.0. The van der Waals surface area contributed by atoms with E-state index in [1.807, 2.05) is 50.4 Å².